The third-order valence-electron chi connectivity index (χ3n) is 3.53. The summed E-state index contributed by atoms with van der Waals surface area (Å²) >= 11 is 9.84. The lowest BCUT2D eigenvalue weighted by atomic mass is 10.0. The predicted molar refractivity (Wildman–Crippen MR) is 87.3 cm³/mol. The van der Waals surface area contributed by atoms with Crippen molar-refractivity contribution in [2.75, 3.05) is 7.05 Å². The summed E-state index contributed by atoms with van der Waals surface area (Å²) in [5, 5.41) is 8.33. The van der Waals surface area contributed by atoms with Crippen molar-refractivity contribution in [3.63, 3.8) is 0 Å². The SMILES string of the molecule is CCn1nc(C)c(Cl)c1CC(NC)c1cc(F)ccc1Br. The predicted octanol–water partition coefficient (Wildman–Crippen LogP) is 4.27. The van der Waals surface area contributed by atoms with Crippen LogP contribution in [0.25, 0.3) is 0 Å². The Morgan fingerprint density at radius 2 is 2.19 bits per heavy atom. The van der Waals surface area contributed by atoms with Crippen LogP contribution in [0.2, 0.25) is 5.02 Å². The largest absolute Gasteiger partial charge is 0.313 e. The Morgan fingerprint density at radius 3 is 2.81 bits per heavy atom. The molecule has 114 valence electrons. The van der Waals surface area contributed by atoms with Crippen molar-refractivity contribution >= 4 is 27.5 Å². The van der Waals surface area contributed by atoms with E-state index in [-0.39, 0.29) is 11.9 Å². The van der Waals surface area contributed by atoms with Crippen LogP contribution in [-0.4, -0.2) is 16.8 Å². The molecule has 0 spiro atoms. The molecule has 0 bridgehead atoms. The second-order valence-corrected chi connectivity index (χ2v) is 6.11. The van der Waals surface area contributed by atoms with Gasteiger partial charge in [0.2, 0.25) is 0 Å². The van der Waals surface area contributed by atoms with Gasteiger partial charge >= 0.3 is 0 Å². The number of benzene rings is 1. The van der Waals surface area contributed by atoms with Gasteiger partial charge in [0.15, 0.2) is 0 Å². The molecule has 6 heteroatoms. The number of hydrogen-bond donors (Lipinski definition) is 1. The summed E-state index contributed by atoms with van der Waals surface area (Å²) in [7, 11) is 1.86. The van der Waals surface area contributed by atoms with E-state index in [1.807, 2.05) is 25.6 Å². The van der Waals surface area contributed by atoms with E-state index in [9.17, 15) is 4.39 Å². The summed E-state index contributed by atoms with van der Waals surface area (Å²) in [5.74, 6) is -0.250. The molecular formula is C15H18BrClFN3. The van der Waals surface area contributed by atoms with Crippen LogP contribution in [0.4, 0.5) is 4.39 Å². The molecule has 1 heterocycles. The van der Waals surface area contributed by atoms with Crippen molar-refractivity contribution in [3.8, 4) is 0 Å². The molecule has 1 unspecified atom stereocenters. The number of halogens is 3. The van der Waals surface area contributed by atoms with Crippen LogP contribution in [0, 0.1) is 12.7 Å². The van der Waals surface area contributed by atoms with Gasteiger partial charge in [-0.1, -0.05) is 27.5 Å². The molecule has 21 heavy (non-hydrogen) atoms. The second-order valence-electron chi connectivity index (χ2n) is 4.87. The monoisotopic (exact) mass is 373 g/mol. The van der Waals surface area contributed by atoms with Gasteiger partial charge < -0.3 is 5.32 Å². The fraction of sp³-hybridized carbons (Fsp3) is 0.400. The molecule has 0 aliphatic rings. The molecule has 1 N–H and O–H groups in total. The third-order valence-corrected chi connectivity index (χ3v) is 4.75. The smallest absolute Gasteiger partial charge is 0.123 e. The van der Waals surface area contributed by atoms with E-state index in [1.165, 1.54) is 6.07 Å². The van der Waals surface area contributed by atoms with Gasteiger partial charge in [-0.3, -0.25) is 4.68 Å². The topological polar surface area (TPSA) is 29.9 Å². The summed E-state index contributed by atoms with van der Waals surface area (Å²) in [6.45, 7) is 4.67. The first-order valence-electron chi connectivity index (χ1n) is 6.81. The Balaban J connectivity index is 2.38. The average molecular weight is 375 g/mol. The Morgan fingerprint density at radius 1 is 1.48 bits per heavy atom. The fourth-order valence-electron chi connectivity index (χ4n) is 2.41. The van der Waals surface area contributed by atoms with E-state index in [0.717, 1.165) is 28.0 Å². The molecule has 1 aromatic carbocycles. The van der Waals surface area contributed by atoms with Gasteiger partial charge in [0.1, 0.15) is 5.82 Å². The van der Waals surface area contributed by atoms with Gasteiger partial charge in [-0.15, -0.1) is 0 Å². The first kappa shape index (κ1) is 16.5. The number of likely N-dealkylation sites (N-methyl/N-ethyl adjacent to an activating group) is 1. The molecule has 0 saturated heterocycles. The van der Waals surface area contributed by atoms with E-state index in [1.54, 1.807) is 12.1 Å². The Hall–Kier alpha value is -0.910. The lowest BCUT2D eigenvalue weighted by Gasteiger charge is -2.19. The first-order chi connectivity index (χ1) is 9.97. The minimum atomic E-state index is -0.250. The highest BCUT2D eigenvalue weighted by Crippen LogP contribution is 2.30. The van der Waals surface area contributed by atoms with E-state index < -0.39 is 0 Å². The minimum Gasteiger partial charge on any atom is -0.313 e. The van der Waals surface area contributed by atoms with E-state index in [0.29, 0.717) is 11.4 Å². The molecule has 0 aliphatic carbocycles. The standard InChI is InChI=1S/C15H18BrClFN3/c1-4-21-14(15(17)9(2)20-21)8-13(19-3)11-7-10(18)5-6-12(11)16/h5-7,13,19H,4,8H2,1-3H3. The quantitative estimate of drug-likeness (QED) is 0.847. The van der Waals surface area contributed by atoms with Gasteiger partial charge in [-0.2, -0.15) is 5.10 Å². The number of nitrogens with one attached hydrogen (secondary N) is 1. The van der Waals surface area contributed by atoms with Crippen molar-refractivity contribution < 1.29 is 4.39 Å². The van der Waals surface area contributed by atoms with Crippen LogP contribution in [0.5, 0.6) is 0 Å². The highest BCUT2D eigenvalue weighted by atomic mass is 79.9. The summed E-state index contributed by atoms with van der Waals surface area (Å²) in [4.78, 5) is 0. The number of hydrogen-bond acceptors (Lipinski definition) is 2. The van der Waals surface area contributed by atoms with Crippen LogP contribution in [0.15, 0.2) is 22.7 Å². The second kappa shape index (κ2) is 6.90. The zero-order valence-electron chi connectivity index (χ0n) is 12.3. The zero-order valence-corrected chi connectivity index (χ0v) is 14.6. The van der Waals surface area contributed by atoms with Crippen molar-refractivity contribution in [1.29, 1.82) is 0 Å². The number of nitrogens with zero attached hydrogens (tertiary/aromatic N) is 2. The van der Waals surface area contributed by atoms with E-state index in [4.69, 9.17) is 11.6 Å². The minimum absolute atomic E-state index is 0.0472. The normalized spacial score (nSPS) is 12.7. The molecular weight excluding hydrogens is 357 g/mol. The number of aromatic nitrogens is 2. The van der Waals surface area contributed by atoms with Crippen LogP contribution in [-0.2, 0) is 13.0 Å². The lowest BCUT2D eigenvalue weighted by Crippen LogP contribution is -2.21. The maximum Gasteiger partial charge on any atom is 0.123 e. The van der Waals surface area contributed by atoms with Crippen LogP contribution in [0.1, 0.15) is 29.9 Å². The lowest BCUT2D eigenvalue weighted by molar-refractivity contribution is 0.535. The molecule has 1 atom stereocenters. The molecule has 2 rings (SSSR count). The van der Waals surface area contributed by atoms with Gasteiger partial charge in [0.05, 0.1) is 16.4 Å². The Bertz CT molecular complexity index is 642. The zero-order chi connectivity index (χ0) is 15.6. The van der Waals surface area contributed by atoms with E-state index in [2.05, 4.69) is 26.3 Å². The first-order valence-corrected chi connectivity index (χ1v) is 7.99. The highest BCUT2D eigenvalue weighted by Gasteiger charge is 2.20. The summed E-state index contributed by atoms with van der Waals surface area (Å²) in [5.41, 5.74) is 2.66. The van der Waals surface area contributed by atoms with Gasteiger partial charge in [-0.25, -0.2) is 4.39 Å². The van der Waals surface area contributed by atoms with Crippen molar-refractivity contribution in [2.45, 2.75) is 32.9 Å². The molecule has 0 amide bonds. The molecule has 0 aliphatic heterocycles. The maximum atomic E-state index is 13.5. The molecule has 3 nitrogen and oxygen atoms in total. The fourth-order valence-corrected chi connectivity index (χ4v) is 3.14. The van der Waals surface area contributed by atoms with Gasteiger partial charge in [0.25, 0.3) is 0 Å². The molecule has 0 radical (unpaired) electrons. The summed E-state index contributed by atoms with van der Waals surface area (Å²) < 4.78 is 16.3. The summed E-state index contributed by atoms with van der Waals surface area (Å²) in [6, 6.07) is 4.65. The molecule has 0 fully saturated rings. The van der Waals surface area contributed by atoms with Gasteiger partial charge in [-0.05, 0) is 44.7 Å². The maximum absolute atomic E-state index is 13.5. The highest BCUT2D eigenvalue weighted by molar-refractivity contribution is 9.10. The molecule has 2 aromatic rings. The summed E-state index contributed by atoms with van der Waals surface area (Å²) in [6.07, 6.45) is 0.645. The van der Waals surface area contributed by atoms with Crippen LogP contribution in [0.3, 0.4) is 0 Å². The number of rotatable bonds is 5. The van der Waals surface area contributed by atoms with Crippen molar-refractivity contribution in [1.82, 2.24) is 15.1 Å². The Kier molecular flexibility index (Phi) is 5.41. The van der Waals surface area contributed by atoms with E-state index >= 15 is 0 Å². The average Bonchev–Trinajstić information content (AvgIpc) is 2.74. The van der Waals surface area contributed by atoms with Gasteiger partial charge in [0, 0.05) is 23.5 Å². The Labute approximate surface area is 137 Å². The van der Waals surface area contributed by atoms with Crippen molar-refractivity contribution in [3.05, 3.63) is 50.5 Å². The van der Waals surface area contributed by atoms with Crippen LogP contribution >= 0.6 is 27.5 Å². The van der Waals surface area contributed by atoms with Crippen molar-refractivity contribution in [2.24, 2.45) is 0 Å². The molecule has 1 aromatic heterocycles. The third kappa shape index (κ3) is 3.47. The molecule has 0 saturated carbocycles. The number of aryl methyl sites for hydroxylation is 2. The van der Waals surface area contributed by atoms with Crippen LogP contribution < -0.4 is 5.32 Å².